The highest BCUT2D eigenvalue weighted by molar-refractivity contribution is 5.90. The van der Waals surface area contributed by atoms with E-state index in [4.69, 9.17) is 4.74 Å². The van der Waals surface area contributed by atoms with Crippen molar-refractivity contribution in [3.63, 3.8) is 0 Å². The van der Waals surface area contributed by atoms with Crippen molar-refractivity contribution in [2.45, 2.75) is 20.3 Å². The van der Waals surface area contributed by atoms with Crippen LogP contribution in [-0.2, 0) is 4.79 Å². The molecular formula is C23H32N6O2. The number of methoxy groups -OCH3 is 1. The molecule has 1 saturated heterocycles. The van der Waals surface area contributed by atoms with Crippen molar-refractivity contribution in [1.82, 2.24) is 15.2 Å². The summed E-state index contributed by atoms with van der Waals surface area (Å²) in [6, 6.07) is 13.7. The number of pyridine rings is 1. The van der Waals surface area contributed by atoms with E-state index in [0.29, 0.717) is 18.8 Å². The lowest BCUT2D eigenvalue weighted by molar-refractivity contribution is -0.116. The Labute approximate surface area is 184 Å². The topological polar surface area (TPSA) is 82.1 Å². The van der Waals surface area contributed by atoms with Crippen LogP contribution in [0.15, 0.2) is 47.5 Å². The molecule has 0 saturated carbocycles. The first-order valence-electron chi connectivity index (χ1n) is 10.7. The molecule has 2 heterocycles. The van der Waals surface area contributed by atoms with Gasteiger partial charge in [-0.05, 0) is 50.2 Å². The third kappa shape index (κ3) is 6.60. The van der Waals surface area contributed by atoms with Crippen molar-refractivity contribution in [1.29, 1.82) is 0 Å². The van der Waals surface area contributed by atoms with Crippen LogP contribution in [0.5, 0.6) is 5.75 Å². The zero-order valence-corrected chi connectivity index (χ0v) is 18.6. The fraction of sp³-hybridized carbons (Fsp3) is 0.435. The number of anilines is 2. The SMILES string of the molecule is CCNC(=NCCC(=O)Nc1cccc(C)n1)N1CCN(c2ccc(OC)cc2)CC1. The first-order valence-corrected chi connectivity index (χ1v) is 10.7. The molecule has 0 spiro atoms. The fourth-order valence-electron chi connectivity index (χ4n) is 3.48. The third-order valence-corrected chi connectivity index (χ3v) is 5.11. The molecule has 0 aliphatic carbocycles. The Morgan fingerprint density at radius 1 is 1.13 bits per heavy atom. The summed E-state index contributed by atoms with van der Waals surface area (Å²) in [6.07, 6.45) is 0.316. The number of hydrogen-bond donors (Lipinski definition) is 2. The normalized spacial score (nSPS) is 14.4. The number of amides is 1. The van der Waals surface area contributed by atoms with Gasteiger partial charge in [0.15, 0.2) is 5.96 Å². The van der Waals surface area contributed by atoms with Crippen LogP contribution in [0.3, 0.4) is 0 Å². The lowest BCUT2D eigenvalue weighted by atomic mass is 10.2. The molecule has 1 aliphatic heterocycles. The number of ether oxygens (including phenoxy) is 1. The summed E-state index contributed by atoms with van der Waals surface area (Å²) in [5, 5.41) is 6.18. The Kier molecular flexibility index (Phi) is 8.09. The third-order valence-electron chi connectivity index (χ3n) is 5.11. The monoisotopic (exact) mass is 424 g/mol. The highest BCUT2D eigenvalue weighted by Crippen LogP contribution is 2.20. The van der Waals surface area contributed by atoms with E-state index < -0.39 is 0 Å². The summed E-state index contributed by atoms with van der Waals surface area (Å²) in [7, 11) is 1.68. The largest absolute Gasteiger partial charge is 0.497 e. The van der Waals surface area contributed by atoms with E-state index >= 15 is 0 Å². The molecule has 2 aromatic rings. The van der Waals surface area contributed by atoms with E-state index in [1.54, 1.807) is 13.2 Å². The highest BCUT2D eigenvalue weighted by atomic mass is 16.5. The van der Waals surface area contributed by atoms with Crippen LogP contribution in [0.1, 0.15) is 19.0 Å². The molecule has 1 amide bonds. The van der Waals surface area contributed by atoms with E-state index in [-0.39, 0.29) is 5.91 Å². The molecule has 1 aliphatic rings. The average Bonchev–Trinajstić information content (AvgIpc) is 2.79. The molecule has 0 unspecified atom stereocenters. The summed E-state index contributed by atoms with van der Waals surface area (Å²) in [5.41, 5.74) is 2.07. The number of carbonyl (C=O) groups is 1. The van der Waals surface area contributed by atoms with Crippen LogP contribution in [-0.4, -0.2) is 68.1 Å². The Bertz CT molecular complexity index is 876. The maximum Gasteiger partial charge on any atom is 0.227 e. The number of nitrogens with zero attached hydrogens (tertiary/aromatic N) is 4. The summed E-state index contributed by atoms with van der Waals surface area (Å²) in [5.74, 6) is 2.22. The summed E-state index contributed by atoms with van der Waals surface area (Å²) < 4.78 is 5.24. The molecule has 0 radical (unpaired) electrons. The maximum absolute atomic E-state index is 12.2. The second-order valence-electron chi connectivity index (χ2n) is 7.37. The molecule has 8 heteroatoms. The van der Waals surface area contributed by atoms with Gasteiger partial charge in [-0.3, -0.25) is 9.79 Å². The van der Waals surface area contributed by atoms with Gasteiger partial charge in [-0.15, -0.1) is 0 Å². The van der Waals surface area contributed by atoms with E-state index in [2.05, 4.69) is 49.5 Å². The standard InChI is InChI=1S/C23H32N6O2/c1-4-24-23(25-13-12-22(30)27-21-7-5-6-18(2)26-21)29-16-14-28(15-17-29)19-8-10-20(31-3)11-9-19/h5-11H,4,12-17H2,1-3H3,(H,24,25)(H,26,27,30). The molecule has 1 aromatic carbocycles. The zero-order chi connectivity index (χ0) is 22.1. The molecule has 0 atom stereocenters. The summed E-state index contributed by atoms with van der Waals surface area (Å²) in [6.45, 7) is 8.74. The van der Waals surface area contributed by atoms with Crippen molar-refractivity contribution < 1.29 is 9.53 Å². The van der Waals surface area contributed by atoms with Gasteiger partial charge in [0.25, 0.3) is 0 Å². The quantitative estimate of drug-likeness (QED) is 0.525. The van der Waals surface area contributed by atoms with Crippen molar-refractivity contribution in [3.8, 4) is 5.75 Å². The van der Waals surface area contributed by atoms with E-state index in [1.807, 2.05) is 31.2 Å². The number of piperazine rings is 1. The minimum absolute atomic E-state index is 0.0815. The predicted molar refractivity (Wildman–Crippen MR) is 125 cm³/mol. The number of hydrogen-bond acceptors (Lipinski definition) is 5. The Balaban J connectivity index is 1.50. The van der Waals surface area contributed by atoms with Gasteiger partial charge in [-0.25, -0.2) is 4.98 Å². The zero-order valence-electron chi connectivity index (χ0n) is 18.6. The molecule has 3 rings (SSSR count). The number of guanidine groups is 1. The van der Waals surface area contributed by atoms with Crippen LogP contribution in [0.25, 0.3) is 0 Å². The molecular weight excluding hydrogens is 392 g/mol. The van der Waals surface area contributed by atoms with Crippen LogP contribution in [0.2, 0.25) is 0 Å². The van der Waals surface area contributed by atoms with Crippen LogP contribution in [0.4, 0.5) is 11.5 Å². The van der Waals surface area contributed by atoms with Crippen molar-refractivity contribution >= 4 is 23.4 Å². The van der Waals surface area contributed by atoms with Gasteiger partial charge in [0.1, 0.15) is 11.6 Å². The van der Waals surface area contributed by atoms with Gasteiger partial charge >= 0.3 is 0 Å². The van der Waals surface area contributed by atoms with Gasteiger partial charge in [0, 0.05) is 50.5 Å². The second kappa shape index (κ2) is 11.2. The van der Waals surface area contributed by atoms with Gasteiger partial charge in [0.05, 0.1) is 13.7 Å². The minimum atomic E-state index is -0.0815. The number of nitrogens with one attached hydrogen (secondary N) is 2. The number of benzene rings is 1. The van der Waals surface area contributed by atoms with E-state index in [0.717, 1.165) is 50.1 Å². The Hall–Kier alpha value is -3.29. The highest BCUT2D eigenvalue weighted by Gasteiger charge is 2.20. The molecule has 1 aromatic heterocycles. The minimum Gasteiger partial charge on any atom is -0.497 e. The Morgan fingerprint density at radius 3 is 2.52 bits per heavy atom. The summed E-state index contributed by atoms with van der Waals surface area (Å²) >= 11 is 0. The first-order chi connectivity index (χ1) is 15.1. The first kappa shape index (κ1) is 22.4. The average molecular weight is 425 g/mol. The van der Waals surface area contributed by atoms with E-state index in [9.17, 15) is 4.79 Å². The number of aryl methyl sites for hydroxylation is 1. The van der Waals surface area contributed by atoms with Crippen LogP contribution in [0, 0.1) is 6.92 Å². The summed E-state index contributed by atoms with van der Waals surface area (Å²) in [4.78, 5) is 25.8. The molecule has 8 nitrogen and oxygen atoms in total. The van der Waals surface area contributed by atoms with Crippen molar-refractivity contribution in [3.05, 3.63) is 48.2 Å². The number of aromatic nitrogens is 1. The lowest BCUT2D eigenvalue weighted by Gasteiger charge is -2.37. The number of rotatable bonds is 7. The molecule has 2 N–H and O–H groups in total. The van der Waals surface area contributed by atoms with Gasteiger partial charge in [0.2, 0.25) is 5.91 Å². The van der Waals surface area contributed by atoms with Crippen LogP contribution < -0.4 is 20.3 Å². The van der Waals surface area contributed by atoms with Crippen molar-refractivity contribution in [2.24, 2.45) is 4.99 Å². The van der Waals surface area contributed by atoms with Gasteiger partial charge in [-0.1, -0.05) is 6.07 Å². The molecule has 166 valence electrons. The van der Waals surface area contributed by atoms with E-state index in [1.165, 1.54) is 5.69 Å². The molecule has 1 fully saturated rings. The van der Waals surface area contributed by atoms with Crippen molar-refractivity contribution in [2.75, 3.05) is 56.6 Å². The number of aliphatic imine (C=N–C) groups is 1. The smallest absolute Gasteiger partial charge is 0.227 e. The maximum atomic E-state index is 12.2. The molecule has 31 heavy (non-hydrogen) atoms. The molecule has 0 bridgehead atoms. The van der Waals surface area contributed by atoms with Crippen LogP contribution >= 0.6 is 0 Å². The Morgan fingerprint density at radius 2 is 1.87 bits per heavy atom. The predicted octanol–water partition coefficient (Wildman–Crippen LogP) is 2.51. The lowest BCUT2D eigenvalue weighted by Crippen LogP contribution is -2.52. The van der Waals surface area contributed by atoms with Gasteiger partial charge in [-0.2, -0.15) is 0 Å². The fourth-order valence-corrected chi connectivity index (χ4v) is 3.48. The number of carbonyl (C=O) groups excluding carboxylic acids is 1. The second-order valence-corrected chi connectivity index (χ2v) is 7.37. The van der Waals surface area contributed by atoms with Gasteiger partial charge < -0.3 is 25.2 Å².